The van der Waals surface area contributed by atoms with Gasteiger partial charge in [0, 0.05) is 84.8 Å². The number of hydrogen-bond donors (Lipinski definition) is 6. The number of imide groups is 1. The molecule has 6 aliphatic rings. The van der Waals surface area contributed by atoms with E-state index in [1.165, 1.54) is 22.7 Å². The highest BCUT2D eigenvalue weighted by molar-refractivity contribution is 8.00. The van der Waals surface area contributed by atoms with Gasteiger partial charge >= 0.3 is 7.82 Å². The van der Waals surface area contributed by atoms with Crippen LogP contribution >= 0.6 is 42.8 Å². The number of thioether (sulfide) groups is 1. The van der Waals surface area contributed by atoms with Crippen molar-refractivity contribution in [3.63, 3.8) is 0 Å². The molecule has 73 heavy (non-hydrogen) atoms. The summed E-state index contributed by atoms with van der Waals surface area (Å²) in [6, 6.07) is 8.79. The summed E-state index contributed by atoms with van der Waals surface area (Å²) >= 11 is 14.5. The number of hydrogen-bond acceptors (Lipinski definition) is 10. The average Bonchev–Trinajstić information content (AvgIpc) is 4.07. The molecule has 3 aliphatic heterocycles. The molecular weight excluding hydrogens is 1020 g/mol. The highest BCUT2D eigenvalue weighted by atomic mass is 35.5. The van der Waals surface area contributed by atoms with Crippen molar-refractivity contribution in [3.05, 3.63) is 59.3 Å². The normalized spacial score (nSPS) is 23.8. The maximum absolute atomic E-state index is 14.9. The van der Waals surface area contributed by atoms with E-state index in [2.05, 4.69) is 20.9 Å². The van der Waals surface area contributed by atoms with Crippen molar-refractivity contribution in [1.29, 1.82) is 0 Å². The Kier molecular flexibility index (Phi) is 14.6. The number of halogens is 2. The molecule has 4 heterocycles. The van der Waals surface area contributed by atoms with Crippen LogP contribution in [0.3, 0.4) is 0 Å². The Bertz CT molecular complexity index is 3000. The summed E-state index contributed by atoms with van der Waals surface area (Å²) in [5, 5.41) is 10.4. The number of aromatic amines is 1. The van der Waals surface area contributed by atoms with E-state index in [1.807, 2.05) is 31.2 Å². The number of phosphoric acid groups is 1. The minimum absolute atomic E-state index is 0.0868. The van der Waals surface area contributed by atoms with E-state index in [-0.39, 0.29) is 89.4 Å². The number of nitrogens with one attached hydrogen (secondary N) is 4. The molecule has 3 saturated carbocycles. The lowest BCUT2D eigenvalue weighted by molar-refractivity contribution is -0.205. The van der Waals surface area contributed by atoms with Crippen molar-refractivity contribution in [3.8, 4) is 5.75 Å². The lowest BCUT2D eigenvalue weighted by atomic mass is 9.34. The molecule has 0 radical (unpaired) electrons. The van der Waals surface area contributed by atoms with Gasteiger partial charge in [-0.25, -0.2) is 4.57 Å². The molecule has 3 aliphatic carbocycles. The van der Waals surface area contributed by atoms with E-state index < -0.39 is 42.6 Å². The number of phosphoric ester groups is 1. The number of likely N-dealkylation sites (tertiary alicyclic amines) is 1. The number of amides is 7. The number of carbonyl (C=O) groups is 7. The Morgan fingerprint density at radius 3 is 2.08 bits per heavy atom. The van der Waals surface area contributed by atoms with E-state index in [0.29, 0.717) is 85.0 Å². The smallest absolute Gasteiger partial charge is 0.402 e. The number of benzene rings is 3. The Morgan fingerprint density at radius 1 is 0.877 bits per heavy atom. The number of anilines is 3. The van der Waals surface area contributed by atoms with Crippen molar-refractivity contribution in [2.75, 3.05) is 52.8 Å². The van der Waals surface area contributed by atoms with Gasteiger partial charge in [0.05, 0.1) is 33.0 Å². The lowest BCUT2D eigenvalue weighted by Crippen LogP contribution is -2.73. The van der Waals surface area contributed by atoms with Crippen molar-refractivity contribution in [2.45, 2.75) is 108 Å². The number of H-pyrrole nitrogens is 1. The number of alkyl halides is 2. The lowest BCUT2D eigenvalue weighted by Gasteiger charge is -2.69. The molecule has 7 amide bonds. The third-order valence-corrected chi connectivity index (χ3v) is 17.6. The summed E-state index contributed by atoms with van der Waals surface area (Å²) in [5.74, 6) is -2.54. The van der Waals surface area contributed by atoms with E-state index >= 15 is 0 Å². The molecule has 5 atom stereocenters. The first-order valence-corrected chi connectivity index (χ1v) is 28.5. The maximum Gasteiger partial charge on any atom is 0.524 e. The maximum atomic E-state index is 14.9. The summed E-state index contributed by atoms with van der Waals surface area (Å²) in [6.07, 6.45) is 6.45. The summed E-state index contributed by atoms with van der Waals surface area (Å²) < 4.78 is 17.1. The third kappa shape index (κ3) is 9.51. The zero-order valence-corrected chi connectivity index (χ0v) is 44.4. The zero-order chi connectivity index (χ0) is 52.5. The summed E-state index contributed by atoms with van der Waals surface area (Å²) in [6.45, 7) is 7.84. The van der Waals surface area contributed by atoms with Crippen molar-refractivity contribution in [2.24, 2.45) is 16.7 Å². The van der Waals surface area contributed by atoms with Crippen LogP contribution in [0.1, 0.15) is 101 Å². The summed E-state index contributed by atoms with van der Waals surface area (Å²) in [5.41, 5.74) is 2.71. The van der Waals surface area contributed by atoms with E-state index in [0.717, 1.165) is 22.1 Å². The van der Waals surface area contributed by atoms with Gasteiger partial charge in [-0.05, 0) is 86.3 Å². The molecule has 1 aromatic heterocycles. The van der Waals surface area contributed by atoms with Crippen LogP contribution < -0.4 is 30.3 Å². The molecule has 0 spiro atoms. The molecule has 4 aromatic rings. The number of fused-ring (bicyclic) bond motifs is 6. The van der Waals surface area contributed by atoms with Crippen LogP contribution in [0.4, 0.5) is 17.1 Å². The van der Waals surface area contributed by atoms with E-state index in [9.17, 15) is 47.9 Å². The number of aromatic nitrogens is 1. The molecule has 1 unspecified atom stereocenters. The van der Waals surface area contributed by atoms with Gasteiger partial charge in [0.1, 0.15) is 12.1 Å². The highest BCUT2D eigenvalue weighted by Gasteiger charge is 2.76. The Balaban J connectivity index is 0.858. The second kappa shape index (κ2) is 20.2. The van der Waals surface area contributed by atoms with Gasteiger partial charge in [-0.15, -0.1) is 23.2 Å². The molecular formula is C51H60Cl2N7O11PS. The molecule has 4 fully saturated rings. The number of aryl methyl sites for hydroxylation is 1. The predicted octanol–water partition coefficient (Wildman–Crippen LogP) is 6.94. The van der Waals surface area contributed by atoms with Crippen LogP contribution in [0.5, 0.6) is 5.75 Å². The first-order chi connectivity index (χ1) is 34.6. The fourth-order valence-corrected chi connectivity index (χ4v) is 13.4. The SMILES string of the molecule is CSC1CC(=O)N(CCCCCC(=O)N[C@H](C(=O)N[C@@H](C)C(=O)Nc2cc3c(c4ccccc24)[C@H](CCl)CN3C(=O)C23CC(C(=O)N4C[C@@H](CCl)c5c4cc(OP(=O)(O)O)c4[nH]cc(C)c54)(C2)C3)C(C)C)C1=O. The molecule has 390 valence electrons. The summed E-state index contributed by atoms with van der Waals surface area (Å²) in [7, 11) is -4.97. The zero-order valence-electron chi connectivity index (χ0n) is 41.2. The quantitative estimate of drug-likeness (QED) is 0.0242. The molecule has 1 saturated heterocycles. The molecule has 3 aromatic carbocycles. The minimum atomic E-state index is -4.97. The molecule has 22 heteroatoms. The van der Waals surface area contributed by atoms with Gasteiger partial charge in [-0.3, -0.25) is 48.2 Å². The van der Waals surface area contributed by atoms with Gasteiger partial charge in [-0.2, -0.15) is 11.8 Å². The van der Waals surface area contributed by atoms with Gasteiger partial charge < -0.3 is 35.3 Å². The van der Waals surface area contributed by atoms with Crippen molar-refractivity contribution in [1.82, 2.24) is 20.5 Å². The van der Waals surface area contributed by atoms with Crippen LogP contribution in [0, 0.1) is 23.7 Å². The van der Waals surface area contributed by atoms with Crippen LogP contribution in [-0.2, 0) is 38.1 Å². The van der Waals surface area contributed by atoms with Crippen molar-refractivity contribution < 1.29 is 52.4 Å². The molecule has 10 rings (SSSR count). The van der Waals surface area contributed by atoms with Crippen LogP contribution in [-0.4, -0.2) is 116 Å². The van der Waals surface area contributed by atoms with Gasteiger partial charge in [0.2, 0.25) is 41.4 Å². The third-order valence-electron chi connectivity index (χ3n) is 15.5. The van der Waals surface area contributed by atoms with E-state index in [4.69, 9.17) is 27.7 Å². The van der Waals surface area contributed by atoms with E-state index in [1.54, 1.807) is 49.1 Å². The van der Waals surface area contributed by atoms with Crippen LogP contribution in [0.15, 0.2) is 42.6 Å². The molecule has 2 bridgehead atoms. The largest absolute Gasteiger partial charge is 0.524 e. The van der Waals surface area contributed by atoms with Gasteiger partial charge in [-0.1, -0.05) is 44.5 Å². The van der Waals surface area contributed by atoms with Gasteiger partial charge in [0.15, 0.2) is 5.75 Å². The van der Waals surface area contributed by atoms with Crippen LogP contribution in [0.2, 0.25) is 0 Å². The number of rotatable bonds is 19. The minimum Gasteiger partial charge on any atom is -0.402 e. The number of unbranched alkanes of at least 4 members (excludes halogenated alkanes) is 2. The fraction of sp³-hybridized carbons (Fsp3) is 0.510. The highest BCUT2D eigenvalue weighted by Crippen LogP contribution is 2.75. The second-order valence-corrected chi connectivity index (χ2v) is 23.6. The standard InChI is InChI=1S/C51H60Cl2N7O11PS/c1-26(2)43(57-38(61)13-7-6-10-14-58-39(62)17-37(73-5)47(58)65)46(64)55-28(4)45(63)56-33-15-34-41(32-12-9-8-11-31(32)33)29(18-52)21-59(34)48(66)50-23-51(24-50,25-50)49(67)60-22-30(19-53)42-35(60)16-36(71-72(68,69)70)44-40(42)27(3)20-54-44/h8-9,11-12,15-16,20,26,28-30,37,43,54H,6-7,10,13-14,17-19,21-25H2,1-5H3,(H,55,64)(H,56,63)(H,57,61)(H2,68,69,70)/t28-,29+,30+,37?,43-,50?,51?/m0/s1. The Hall–Kier alpha value is -5.17. The molecule has 6 N–H and O–H groups in total. The first kappa shape index (κ1) is 52.7. The number of carbonyl (C=O) groups excluding carboxylic acids is 7. The summed E-state index contributed by atoms with van der Waals surface area (Å²) in [4.78, 5) is 122. The Labute approximate surface area is 436 Å². The topological polar surface area (TPSA) is 248 Å². The molecule has 18 nitrogen and oxygen atoms in total. The monoisotopic (exact) mass is 1080 g/mol. The average molecular weight is 1080 g/mol. The number of nitrogens with zero attached hydrogens (tertiary/aromatic N) is 3. The second-order valence-electron chi connectivity index (χ2n) is 20.8. The van der Waals surface area contributed by atoms with Crippen molar-refractivity contribution >= 4 is 123 Å². The van der Waals surface area contributed by atoms with Crippen LogP contribution in [0.25, 0.3) is 21.7 Å². The predicted molar refractivity (Wildman–Crippen MR) is 280 cm³/mol. The van der Waals surface area contributed by atoms with Gasteiger partial charge in [0.25, 0.3) is 0 Å². The fourth-order valence-electron chi connectivity index (χ4n) is 11.9. The Morgan fingerprint density at radius 2 is 1.49 bits per heavy atom. The first-order valence-electron chi connectivity index (χ1n) is 24.6.